The summed E-state index contributed by atoms with van der Waals surface area (Å²) in [6, 6.07) is 13.8. The summed E-state index contributed by atoms with van der Waals surface area (Å²) in [5.74, 6) is -0.198. The summed E-state index contributed by atoms with van der Waals surface area (Å²) < 4.78 is 14.3. The summed E-state index contributed by atoms with van der Waals surface area (Å²) in [7, 11) is 0. The van der Waals surface area contributed by atoms with Crippen LogP contribution in [0.15, 0.2) is 46.9 Å². The van der Waals surface area contributed by atoms with E-state index in [0.29, 0.717) is 11.0 Å². The fraction of sp³-hybridized carbons (Fsp3) is 0.333. The van der Waals surface area contributed by atoms with Gasteiger partial charge in [0.05, 0.1) is 4.47 Å². The lowest BCUT2D eigenvalue weighted by atomic mass is 9.68. The zero-order chi connectivity index (χ0) is 14.9. The lowest BCUT2D eigenvalue weighted by molar-refractivity contribution is 0.253. The van der Waals surface area contributed by atoms with Crippen LogP contribution >= 0.6 is 15.9 Å². The van der Waals surface area contributed by atoms with Crippen molar-refractivity contribution in [2.45, 2.75) is 25.7 Å². The zero-order valence-electron chi connectivity index (χ0n) is 11.9. The molecule has 2 aromatic rings. The minimum Gasteiger partial charge on any atom is -0.330 e. The number of rotatable bonds is 3. The number of halogens is 2. The molecular weight excluding hydrogens is 329 g/mol. The molecule has 0 fully saturated rings. The molecule has 21 heavy (non-hydrogen) atoms. The molecule has 0 saturated carbocycles. The van der Waals surface area contributed by atoms with Gasteiger partial charge in [-0.3, -0.25) is 0 Å². The zero-order valence-corrected chi connectivity index (χ0v) is 13.5. The van der Waals surface area contributed by atoms with Crippen molar-refractivity contribution >= 4 is 15.9 Å². The third-order valence-corrected chi connectivity index (χ3v) is 5.53. The summed E-state index contributed by atoms with van der Waals surface area (Å²) in [5, 5.41) is 0. The van der Waals surface area contributed by atoms with Crippen molar-refractivity contribution in [3.63, 3.8) is 0 Å². The Bertz CT molecular complexity index is 655. The highest BCUT2D eigenvalue weighted by atomic mass is 79.9. The van der Waals surface area contributed by atoms with Gasteiger partial charge in [0.25, 0.3) is 0 Å². The highest BCUT2D eigenvalue weighted by Gasteiger charge is 2.33. The Morgan fingerprint density at radius 3 is 2.62 bits per heavy atom. The molecule has 110 valence electrons. The molecule has 1 nitrogen and oxygen atoms in total. The maximum Gasteiger partial charge on any atom is 0.137 e. The second-order valence-electron chi connectivity index (χ2n) is 6.04. The van der Waals surface area contributed by atoms with E-state index in [2.05, 4.69) is 40.2 Å². The average molecular weight is 348 g/mol. The Morgan fingerprint density at radius 1 is 1.10 bits per heavy atom. The molecule has 0 aliphatic heterocycles. The molecule has 0 aromatic heterocycles. The molecule has 0 spiro atoms. The van der Waals surface area contributed by atoms with Gasteiger partial charge in [-0.05, 0) is 76.3 Å². The first-order valence-corrected chi connectivity index (χ1v) is 8.13. The van der Waals surface area contributed by atoms with Crippen LogP contribution in [0.5, 0.6) is 0 Å². The lowest BCUT2D eigenvalue weighted by Crippen LogP contribution is -2.38. The van der Waals surface area contributed by atoms with Crippen LogP contribution in [-0.4, -0.2) is 6.54 Å². The van der Waals surface area contributed by atoms with Gasteiger partial charge in [0.2, 0.25) is 0 Å². The van der Waals surface area contributed by atoms with E-state index in [9.17, 15) is 4.39 Å². The second-order valence-corrected chi connectivity index (χ2v) is 6.83. The second kappa shape index (κ2) is 5.90. The van der Waals surface area contributed by atoms with Gasteiger partial charge >= 0.3 is 0 Å². The SMILES string of the molecule is NCC1(Cc2cccc(F)c2Br)CCc2ccccc2C1. The Balaban J connectivity index is 1.91. The molecule has 0 bridgehead atoms. The van der Waals surface area contributed by atoms with Gasteiger partial charge in [0, 0.05) is 0 Å². The molecule has 0 saturated heterocycles. The van der Waals surface area contributed by atoms with Crippen molar-refractivity contribution in [2.75, 3.05) is 6.54 Å². The fourth-order valence-electron chi connectivity index (χ4n) is 3.35. The molecule has 1 unspecified atom stereocenters. The summed E-state index contributed by atoms with van der Waals surface area (Å²) in [6.45, 7) is 0.629. The van der Waals surface area contributed by atoms with Crippen LogP contribution in [0, 0.1) is 11.2 Å². The van der Waals surface area contributed by atoms with Gasteiger partial charge in [-0.25, -0.2) is 4.39 Å². The van der Waals surface area contributed by atoms with Crippen LogP contribution in [0.25, 0.3) is 0 Å². The molecule has 3 heteroatoms. The van der Waals surface area contributed by atoms with Gasteiger partial charge in [-0.1, -0.05) is 36.4 Å². The molecule has 2 aromatic carbocycles. The first-order valence-electron chi connectivity index (χ1n) is 7.33. The molecule has 0 radical (unpaired) electrons. The predicted molar refractivity (Wildman–Crippen MR) is 87.8 cm³/mol. The van der Waals surface area contributed by atoms with Crippen molar-refractivity contribution in [3.05, 3.63) is 69.4 Å². The summed E-state index contributed by atoms with van der Waals surface area (Å²) in [5.41, 5.74) is 9.99. The first-order chi connectivity index (χ1) is 10.1. The van der Waals surface area contributed by atoms with Gasteiger partial charge in [0.1, 0.15) is 5.82 Å². The van der Waals surface area contributed by atoms with Gasteiger partial charge in [0.15, 0.2) is 0 Å². The van der Waals surface area contributed by atoms with E-state index in [0.717, 1.165) is 31.2 Å². The minimum atomic E-state index is -0.198. The summed E-state index contributed by atoms with van der Waals surface area (Å²) in [6.07, 6.45) is 3.91. The number of hydrogen-bond acceptors (Lipinski definition) is 1. The Hall–Kier alpha value is -1.19. The van der Waals surface area contributed by atoms with Crippen molar-refractivity contribution < 1.29 is 4.39 Å². The fourth-order valence-corrected chi connectivity index (χ4v) is 3.76. The average Bonchev–Trinajstić information content (AvgIpc) is 2.52. The number of benzene rings is 2. The Kier molecular flexibility index (Phi) is 4.14. The number of nitrogens with two attached hydrogens (primary N) is 1. The molecule has 1 aliphatic carbocycles. The third kappa shape index (κ3) is 2.90. The standard InChI is InChI=1S/C18H19BrFN/c19-17-15(6-3-7-16(17)20)11-18(12-21)9-8-13-4-1-2-5-14(13)10-18/h1-7H,8-12,21H2. The van der Waals surface area contributed by atoms with E-state index < -0.39 is 0 Å². The molecule has 2 N–H and O–H groups in total. The van der Waals surface area contributed by atoms with Crippen molar-refractivity contribution in [2.24, 2.45) is 11.1 Å². The van der Waals surface area contributed by atoms with E-state index in [-0.39, 0.29) is 11.2 Å². The molecule has 0 heterocycles. The van der Waals surface area contributed by atoms with Gasteiger partial charge in [-0.15, -0.1) is 0 Å². The van der Waals surface area contributed by atoms with Crippen LogP contribution in [0.4, 0.5) is 4.39 Å². The Labute approximate surface area is 133 Å². The molecule has 1 atom stereocenters. The van der Waals surface area contributed by atoms with Gasteiger partial charge < -0.3 is 5.73 Å². The number of fused-ring (bicyclic) bond motifs is 1. The number of hydrogen-bond donors (Lipinski definition) is 1. The van der Waals surface area contributed by atoms with E-state index in [1.54, 1.807) is 6.07 Å². The molecular formula is C18H19BrFN. The van der Waals surface area contributed by atoms with Crippen molar-refractivity contribution in [1.29, 1.82) is 0 Å². The quantitative estimate of drug-likeness (QED) is 0.881. The van der Waals surface area contributed by atoms with Crippen LogP contribution in [0.2, 0.25) is 0 Å². The van der Waals surface area contributed by atoms with Crippen molar-refractivity contribution in [3.8, 4) is 0 Å². The van der Waals surface area contributed by atoms with Gasteiger partial charge in [-0.2, -0.15) is 0 Å². The maximum absolute atomic E-state index is 13.7. The highest BCUT2D eigenvalue weighted by molar-refractivity contribution is 9.10. The van der Waals surface area contributed by atoms with Crippen molar-refractivity contribution in [1.82, 2.24) is 0 Å². The molecule has 1 aliphatic rings. The van der Waals surface area contributed by atoms with E-state index >= 15 is 0 Å². The first kappa shape index (κ1) is 14.7. The smallest absolute Gasteiger partial charge is 0.137 e. The molecule has 3 rings (SSSR count). The largest absolute Gasteiger partial charge is 0.330 e. The number of aryl methyl sites for hydroxylation is 1. The van der Waals surface area contributed by atoms with Crippen LogP contribution in [-0.2, 0) is 19.3 Å². The Morgan fingerprint density at radius 2 is 1.86 bits per heavy atom. The monoisotopic (exact) mass is 347 g/mol. The predicted octanol–water partition coefficient (Wildman–Crippen LogP) is 4.26. The highest BCUT2D eigenvalue weighted by Crippen LogP contribution is 2.39. The van der Waals surface area contributed by atoms with Crippen LogP contribution in [0.3, 0.4) is 0 Å². The summed E-state index contributed by atoms with van der Waals surface area (Å²) >= 11 is 3.38. The maximum atomic E-state index is 13.7. The third-order valence-electron chi connectivity index (χ3n) is 4.64. The van der Waals surface area contributed by atoms with E-state index in [4.69, 9.17) is 5.73 Å². The van der Waals surface area contributed by atoms with E-state index in [1.165, 1.54) is 17.2 Å². The minimum absolute atomic E-state index is 0.0324. The topological polar surface area (TPSA) is 26.0 Å². The lowest BCUT2D eigenvalue weighted by Gasteiger charge is -2.38. The molecule has 0 amide bonds. The summed E-state index contributed by atoms with van der Waals surface area (Å²) in [4.78, 5) is 0. The normalized spacial score (nSPS) is 21.1. The van der Waals surface area contributed by atoms with Crippen LogP contribution in [0.1, 0.15) is 23.1 Å². The van der Waals surface area contributed by atoms with E-state index in [1.807, 2.05) is 6.07 Å². The van der Waals surface area contributed by atoms with Crippen LogP contribution < -0.4 is 5.73 Å².